The zero-order valence-corrected chi connectivity index (χ0v) is 13.2. The van der Waals surface area contributed by atoms with Crippen LogP contribution in [0.4, 0.5) is 5.69 Å². The molecule has 22 heavy (non-hydrogen) atoms. The molecule has 0 aliphatic heterocycles. The van der Waals surface area contributed by atoms with Crippen LogP contribution >= 0.6 is 0 Å². The number of ether oxygens (including phenoxy) is 1. The van der Waals surface area contributed by atoms with E-state index in [9.17, 15) is 4.79 Å². The lowest BCUT2D eigenvalue weighted by Gasteiger charge is -2.18. The molecule has 0 aliphatic carbocycles. The quantitative estimate of drug-likeness (QED) is 0.786. The molecule has 0 amide bonds. The average molecular weight is 297 g/mol. The second-order valence-corrected chi connectivity index (χ2v) is 5.34. The minimum Gasteiger partial charge on any atom is -0.464 e. The Labute approximate surface area is 132 Å². The highest BCUT2D eigenvalue weighted by atomic mass is 16.5. The van der Waals surface area contributed by atoms with Crippen LogP contribution in [0.1, 0.15) is 24.5 Å². The number of benzene rings is 2. The van der Waals surface area contributed by atoms with E-state index >= 15 is 0 Å². The van der Waals surface area contributed by atoms with E-state index in [0.29, 0.717) is 13.0 Å². The third-order valence-electron chi connectivity index (χ3n) is 3.53. The van der Waals surface area contributed by atoms with E-state index in [4.69, 9.17) is 4.74 Å². The SMILES string of the molecule is CCOC(=O)C(CCc1ccccc1)Nc1ccc(C)cc1. The van der Waals surface area contributed by atoms with Crippen molar-refractivity contribution in [3.8, 4) is 0 Å². The van der Waals surface area contributed by atoms with Crippen molar-refractivity contribution in [1.82, 2.24) is 0 Å². The molecule has 0 fully saturated rings. The zero-order chi connectivity index (χ0) is 15.8. The van der Waals surface area contributed by atoms with Crippen LogP contribution in [0.5, 0.6) is 0 Å². The first-order valence-electron chi connectivity index (χ1n) is 7.73. The van der Waals surface area contributed by atoms with E-state index in [0.717, 1.165) is 12.1 Å². The summed E-state index contributed by atoms with van der Waals surface area (Å²) in [5.41, 5.74) is 3.36. The Morgan fingerprint density at radius 1 is 1.09 bits per heavy atom. The van der Waals surface area contributed by atoms with Gasteiger partial charge in [-0.15, -0.1) is 0 Å². The Balaban J connectivity index is 2.02. The smallest absolute Gasteiger partial charge is 0.328 e. The number of carbonyl (C=O) groups excluding carboxylic acids is 1. The van der Waals surface area contributed by atoms with E-state index in [-0.39, 0.29) is 12.0 Å². The highest BCUT2D eigenvalue weighted by Crippen LogP contribution is 2.14. The lowest BCUT2D eigenvalue weighted by Crippen LogP contribution is -2.32. The highest BCUT2D eigenvalue weighted by Gasteiger charge is 2.19. The van der Waals surface area contributed by atoms with Gasteiger partial charge in [-0.1, -0.05) is 48.0 Å². The lowest BCUT2D eigenvalue weighted by molar-refractivity contribution is -0.144. The average Bonchev–Trinajstić information content (AvgIpc) is 2.54. The summed E-state index contributed by atoms with van der Waals surface area (Å²) in [5.74, 6) is -0.195. The summed E-state index contributed by atoms with van der Waals surface area (Å²) in [5, 5.41) is 3.29. The molecule has 0 bridgehead atoms. The van der Waals surface area contributed by atoms with Gasteiger partial charge in [-0.05, 0) is 44.4 Å². The molecule has 116 valence electrons. The second-order valence-electron chi connectivity index (χ2n) is 5.34. The van der Waals surface area contributed by atoms with Crippen molar-refractivity contribution in [3.05, 3.63) is 65.7 Å². The number of anilines is 1. The standard InChI is InChI=1S/C19H23NO2/c1-3-22-19(21)18(14-11-16-7-5-4-6-8-16)20-17-12-9-15(2)10-13-17/h4-10,12-13,18,20H,3,11,14H2,1-2H3. The molecule has 0 spiro atoms. The van der Waals surface area contributed by atoms with Crippen LogP contribution in [0.2, 0.25) is 0 Å². The van der Waals surface area contributed by atoms with Crippen molar-refractivity contribution in [2.45, 2.75) is 32.7 Å². The van der Waals surface area contributed by atoms with Crippen LogP contribution in [-0.2, 0) is 16.0 Å². The van der Waals surface area contributed by atoms with Crippen LogP contribution in [0.25, 0.3) is 0 Å². The minimum atomic E-state index is -0.331. The van der Waals surface area contributed by atoms with Gasteiger partial charge in [0.05, 0.1) is 6.61 Å². The first-order chi connectivity index (χ1) is 10.7. The number of aryl methyl sites for hydroxylation is 2. The molecule has 3 heteroatoms. The maximum Gasteiger partial charge on any atom is 0.328 e. The molecular formula is C19H23NO2. The fourth-order valence-corrected chi connectivity index (χ4v) is 2.30. The monoisotopic (exact) mass is 297 g/mol. The Hall–Kier alpha value is -2.29. The maximum absolute atomic E-state index is 12.2. The van der Waals surface area contributed by atoms with Gasteiger partial charge in [0.2, 0.25) is 0 Å². The molecule has 3 nitrogen and oxygen atoms in total. The van der Waals surface area contributed by atoms with Gasteiger partial charge in [0, 0.05) is 5.69 Å². The number of carbonyl (C=O) groups is 1. The maximum atomic E-state index is 12.2. The van der Waals surface area contributed by atoms with Gasteiger partial charge in [-0.25, -0.2) is 4.79 Å². The predicted molar refractivity (Wildman–Crippen MR) is 90.0 cm³/mol. The van der Waals surface area contributed by atoms with Gasteiger partial charge in [0.25, 0.3) is 0 Å². The van der Waals surface area contributed by atoms with E-state index in [1.165, 1.54) is 11.1 Å². The number of esters is 1. The molecule has 0 saturated heterocycles. The van der Waals surface area contributed by atoms with Crippen molar-refractivity contribution in [1.29, 1.82) is 0 Å². The van der Waals surface area contributed by atoms with Gasteiger partial charge >= 0.3 is 5.97 Å². The highest BCUT2D eigenvalue weighted by molar-refractivity contribution is 5.79. The third kappa shape index (κ3) is 4.92. The van der Waals surface area contributed by atoms with E-state index in [1.54, 1.807) is 0 Å². The van der Waals surface area contributed by atoms with E-state index < -0.39 is 0 Å². The molecule has 0 heterocycles. The number of rotatable bonds is 7. The molecule has 1 unspecified atom stereocenters. The van der Waals surface area contributed by atoms with E-state index in [1.807, 2.05) is 56.3 Å². The second kappa shape index (κ2) is 8.23. The molecule has 1 N–H and O–H groups in total. The molecule has 2 rings (SSSR count). The Bertz CT molecular complexity index is 578. The normalized spacial score (nSPS) is 11.7. The molecule has 2 aromatic carbocycles. The third-order valence-corrected chi connectivity index (χ3v) is 3.53. The Kier molecular flexibility index (Phi) is 6.01. The lowest BCUT2D eigenvalue weighted by atomic mass is 10.0. The largest absolute Gasteiger partial charge is 0.464 e. The summed E-state index contributed by atoms with van der Waals surface area (Å²) in [6.45, 7) is 4.27. The molecule has 0 radical (unpaired) electrons. The van der Waals surface area contributed by atoms with Crippen LogP contribution in [0.3, 0.4) is 0 Å². The fraction of sp³-hybridized carbons (Fsp3) is 0.316. The number of hydrogen-bond acceptors (Lipinski definition) is 3. The van der Waals surface area contributed by atoms with Crippen LogP contribution in [-0.4, -0.2) is 18.6 Å². The molecule has 0 aliphatic rings. The first-order valence-corrected chi connectivity index (χ1v) is 7.73. The van der Waals surface area contributed by atoms with Gasteiger partial charge in [-0.3, -0.25) is 0 Å². The van der Waals surface area contributed by atoms with Crippen LogP contribution in [0, 0.1) is 6.92 Å². The topological polar surface area (TPSA) is 38.3 Å². The van der Waals surface area contributed by atoms with Crippen molar-refractivity contribution < 1.29 is 9.53 Å². The van der Waals surface area contributed by atoms with Crippen LogP contribution < -0.4 is 5.32 Å². The van der Waals surface area contributed by atoms with Crippen LogP contribution in [0.15, 0.2) is 54.6 Å². The van der Waals surface area contributed by atoms with Crippen molar-refractivity contribution in [3.63, 3.8) is 0 Å². The van der Waals surface area contributed by atoms with Gasteiger partial charge in [0.15, 0.2) is 0 Å². The van der Waals surface area contributed by atoms with E-state index in [2.05, 4.69) is 17.4 Å². The zero-order valence-electron chi connectivity index (χ0n) is 13.2. The molecule has 0 saturated carbocycles. The summed E-state index contributed by atoms with van der Waals surface area (Å²) in [4.78, 5) is 12.2. The van der Waals surface area contributed by atoms with Crippen molar-refractivity contribution in [2.75, 3.05) is 11.9 Å². The van der Waals surface area contributed by atoms with Gasteiger partial charge < -0.3 is 10.1 Å². The summed E-state index contributed by atoms with van der Waals surface area (Å²) in [6.07, 6.45) is 1.54. The predicted octanol–water partition coefficient (Wildman–Crippen LogP) is 3.97. The summed E-state index contributed by atoms with van der Waals surface area (Å²) in [6, 6.07) is 17.9. The van der Waals surface area contributed by atoms with Crippen molar-refractivity contribution >= 4 is 11.7 Å². The molecule has 0 aromatic heterocycles. The molecule has 1 atom stereocenters. The summed E-state index contributed by atoms with van der Waals surface area (Å²) >= 11 is 0. The van der Waals surface area contributed by atoms with Gasteiger partial charge in [0.1, 0.15) is 6.04 Å². The molecule has 2 aromatic rings. The minimum absolute atomic E-state index is 0.195. The fourth-order valence-electron chi connectivity index (χ4n) is 2.30. The number of nitrogens with one attached hydrogen (secondary N) is 1. The number of hydrogen-bond donors (Lipinski definition) is 1. The summed E-state index contributed by atoms with van der Waals surface area (Å²) < 4.78 is 5.19. The Morgan fingerprint density at radius 2 is 1.77 bits per heavy atom. The summed E-state index contributed by atoms with van der Waals surface area (Å²) in [7, 11) is 0. The molecular weight excluding hydrogens is 274 g/mol. The first kappa shape index (κ1) is 16.1. The Morgan fingerprint density at radius 3 is 2.41 bits per heavy atom. The van der Waals surface area contributed by atoms with Crippen molar-refractivity contribution in [2.24, 2.45) is 0 Å². The van der Waals surface area contributed by atoms with Gasteiger partial charge in [-0.2, -0.15) is 0 Å².